The molecule has 0 radical (unpaired) electrons. The Kier molecular flexibility index (Phi) is 3.66. The average Bonchev–Trinajstić information content (AvgIpc) is 2.38. The summed E-state index contributed by atoms with van der Waals surface area (Å²) in [6, 6.07) is 0.382. The maximum absolute atomic E-state index is 12.3. The van der Waals surface area contributed by atoms with Crippen LogP contribution in [0.2, 0.25) is 0 Å². The van der Waals surface area contributed by atoms with E-state index in [1.807, 2.05) is 0 Å². The lowest BCUT2D eigenvalue weighted by Crippen LogP contribution is -2.57. The molecule has 1 unspecified atom stereocenters. The maximum Gasteiger partial charge on any atom is 0.327 e. The van der Waals surface area contributed by atoms with Crippen LogP contribution in [0.5, 0.6) is 0 Å². The third kappa shape index (κ3) is 2.65. The number of carboxylic acids is 1. The number of piperazine rings is 1. The highest BCUT2D eigenvalue weighted by atomic mass is 16.4. The number of hydrogen-bond acceptors (Lipinski definition) is 4. The second-order valence-corrected chi connectivity index (χ2v) is 4.45. The van der Waals surface area contributed by atoms with E-state index >= 15 is 0 Å². The van der Waals surface area contributed by atoms with E-state index in [0.717, 1.165) is 0 Å². The molecule has 1 saturated heterocycles. The van der Waals surface area contributed by atoms with Gasteiger partial charge >= 0.3 is 5.97 Å². The van der Waals surface area contributed by atoms with Crippen molar-refractivity contribution in [3.8, 4) is 0 Å². The normalized spacial score (nSPS) is 19.2. The van der Waals surface area contributed by atoms with Crippen LogP contribution in [0.25, 0.3) is 0 Å². The number of pyridine rings is 1. The number of hydrogen-bond donors (Lipinski definition) is 3. The molecule has 0 bridgehead atoms. The van der Waals surface area contributed by atoms with Crippen molar-refractivity contribution in [3.05, 3.63) is 33.7 Å². The zero-order chi connectivity index (χ0) is 14.0. The second kappa shape index (κ2) is 5.23. The van der Waals surface area contributed by atoms with Gasteiger partial charge < -0.3 is 20.3 Å². The molecule has 19 heavy (non-hydrogen) atoms. The fourth-order valence-electron chi connectivity index (χ4n) is 2.06. The van der Waals surface area contributed by atoms with E-state index in [1.165, 1.54) is 17.2 Å². The molecule has 2 heterocycles. The second-order valence-electron chi connectivity index (χ2n) is 4.45. The minimum absolute atomic E-state index is 0.0289. The number of nitrogens with one attached hydrogen (secondary N) is 2. The third-order valence-corrected chi connectivity index (χ3v) is 3.08. The van der Waals surface area contributed by atoms with Gasteiger partial charge in [0.25, 0.3) is 5.91 Å². The van der Waals surface area contributed by atoms with Gasteiger partial charge in [-0.15, -0.1) is 0 Å². The Hall–Kier alpha value is -2.15. The predicted octanol–water partition coefficient (Wildman–Crippen LogP) is -0.818. The van der Waals surface area contributed by atoms with Gasteiger partial charge in [0.1, 0.15) is 11.6 Å². The lowest BCUT2D eigenvalue weighted by Gasteiger charge is -2.33. The summed E-state index contributed by atoms with van der Waals surface area (Å²) in [5.41, 5.74) is 0.222. The predicted molar refractivity (Wildman–Crippen MR) is 67.1 cm³/mol. The van der Waals surface area contributed by atoms with Crippen molar-refractivity contribution < 1.29 is 14.7 Å². The quantitative estimate of drug-likeness (QED) is 0.648. The first-order valence-corrected chi connectivity index (χ1v) is 5.94. The van der Waals surface area contributed by atoms with Crippen LogP contribution < -0.4 is 10.7 Å². The number of nitrogens with zero attached hydrogens (tertiary/aromatic N) is 1. The number of carbonyl (C=O) groups is 2. The van der Waals surface area contributed by atoms with Crippen LogP contribution in [0.1, 0.15) is 16.1 Å². The number of carbonyl (C=O) groups excluding carboxylic acids is 1. The summed E-state index contributed by atoms with van der Waals surface area (Å²) in [4.78, 5) is 39.2. The van der Waals surface area contributed by atoms with Crippen molar-refractivity contribution in [2.24, 2.45) is 0 Å². The Balaban J connectivity index is 2.31. The molecule has 1 aliphatic rings. The molecule has 1 atom stereocenters. The van der Waals surface area contributed by atoms with E-state index in [-0.39, 0.29) is 18.7 Å². The van der Waals surface area contributed by atoms with Crippen LogP contribution in [-0.2, 0) is 4.79 Å². The number of carboxylic acid groups (broad SMARTS) is 1. The smallest absolute Gasteiger partial charge is 0.327 e. The molecule has 3 N–H and O–H groups in total. The molecule has 0 saturated carbocycles. The van der Waals surface area contributed by atoms with Gasteiger partial charge in [-0.1, -0.05) is 0 Å². The van der Waals surface area contributed by atoms with Gasteiger partial charge in [-0.05, 0) is 6.92 Å². The van der Waals surface area contributed by atoms with E-state index in [4.69, 9.17) is 5.11 Å². The van der Waals surface area contributed by atoms with E-state index in [1.54, 1.807) is 6.92 Å². The van der Waals surface area contributed by atoms with Gasteiger partial charge in [-0.25, -0.2) is 4.79 Å². The Morgan fingerprint density at radius 2 is 2.21 bits per heavy atom. The number of aromatic amines is 1. The molecule has 1 aromatic rings. The number of amides is 1. The summed E-state index contributed by atoms with van der Waals surface area (Å²) in [6.45, 7) is 2.67. The maximum atomic E-state index is 12.3. The topological polar surface area (TPSA) is 102 Å². The van der Waals surface area contributed by atoms with Crippen molar-refractivity contribution in [1.82, 2.24) is 15.2 Å². The van der Waals surface area contributed by atoms with Crippen LogP contribution in [0.3, 0.4) is 0 Å². The van der Waals surface area contributed by atoms with Crippen LogP contribution >= 0.6 is 0 Å². The Bertz CT molecular complexity index is 566. The highest BCUT2D eigenvalue weighted by Gasteiger charge is 2.33. The van der Waals surface area contributed by atoms with Gasteiger partial charge in [-0.3, -0.25) is 9.59 Å². The molecular weight excluding hydrogens is 250 g/mol. The molecule has 1 amide bonds. The van der Waals surface area contributed by atoms with Crippen molar-refractivity contribution in [2.75, 3.05) is 19.6 Å². The van der Waals surface area contributed by atoms with Crippen LogP contribution in [0.4, 0.5) is 0 Å². The van der Waals surface area contributed by atoms with Crippen LogP contribution in [0.15, 0.2) is 17.1 Å². The number of aliphatic carboxylic acids is 1. The van der Waals surface area contributed by atoms with E-state index in [0.29, 0.717) is 12.2 Å². The molecule has 102 valence electrons. The lowest BCUT2D eigenvalue weighted by molar-refractivity contribution is -0.142. The van der Waals surface area contributed by atoms with Gasteiger partial charge in [0, 0.05) is 37.6 Å². The third-order valence-electron chi connectivity index (χ3n) is 3.08. The Morgan fingerprint density at radius 1 is 1.47 bits per heavy atom. The minimum atomic E-state index is -1.08. The molecule has 2 rings (SSSR count). The summed E-state index contributed by atoms with van der Waals surface area (Å²) in [7, 11) is 0. The minimum Gasteiger partial charge on any atom is -0.480 e. The first-order valence-electron chi connectivity index (χ1n) is 5.94. The molecule has 1 aliphatic heterocycles. The van der Waals surface area contributed by atoms with E-state index < -0.39 is 23.3 Å². The molecule has 1 fully saturated rings. The summed E-state index contributed by atoms with van der Waals surface area (Å²) in [5.74, 6) is -1.63. The van der Waals surface area contributed by atoms with Crippen molar-refractivity contribution in [3.63, 3.8) is 0 Å². The molecule has 1 aromatic heterocycles. The number of rotatable bonds is 2. The average molecular weight is 265 g/mol. The van der Waals surface area contributed by atoms with Gasteiger partial charge in [0.2, 0.25) is 0 Å². The van der Waals surface area contributed by atoms with Gasteiger partial charge in [0.05, 0.1) is 0 Å². The Labute approximate surface area is 109 Å². The summed E-state index contributed by atoms with van der Waals surface area (Å²) in [6.07, 6.45) is 1.33. The number of aryl methyl sites for hydroxylation is 1. The zero-order valence-electron chi connectivity index (χ0n) is 10.5. The molecule has 0 aromatic carbocycles. The van der Waals surface area contributed by atoms with Crippen molar-refractivity contribution >= 4 is 11.9 Å². The number of aromatic nitrogens is 1. The number of H-pyrrole nitrogens is 1. The molecular formula is C12H15N3O4. The highest BCUT2D eigenvalue weighted by molar-refractivity contribution is 5.96. The largest absolute Gasteiger partial charge is 0.480 e. The first-order chi connectivity index (χ1) is 9.00. The lowest BCUT2D eigenvalue weighted by atomic mass is 10.1. The van der Waals surface area contributed by atoms with Crippen molar-refractivity contribution in [1.29, 1.82) is 0 Å². The monoisotopic (exact) mass is 265 g/mol. The zero-order valence-corrected chi connectivity index (χ0v) is 10.5. The molecule has 7 heteroatoms. The standard InChI is InChI=1S/C12H15N3O4/c1-7-4-10(16)8(5-14-7)11(17)15-3-2-13-6-9(15)12(18)19/h4-5,9,13H,2-3,6H2,1H3,(H,14,16)(H,18,19). The van der Waals surface area contributed by atoms with E-state index in [9.17, 15) is 14.4 Å². The highest BCUT2D eigenvalue weighted by Crippen LogP contribution is 2.08. The van der Waals surface area contributed by atoms with Gasteiger partial charge in [-0.2, -0.15) is 0 Å². The van der Waals surface area contributed by atoms with Crippen molar-refractivity contribution in [2.45, 2.75) is 13.0 Å². The Morgan fingerprint density at radius 3 is 2.84 bits per heavy atom. The fraction of sp³-hybridized carbons (Fsp3) is 0.417. The summed E-state index contributed by atoms with van der Waals surface area (Å²) < 4.78 is 0. The summed E-state index contributed by atoms with van der Waals surface area (Å²) in [5, 5.41) is 12.0. The first kappa shape index (κ1) is 13.3. The fourth-order valence-corrected chi connectivity index (χ4v) is 2.06. The molecule has 7 nitrogen and oxygen atoms in total. The van der Waals surface area contributed by atoms with Gasteiger partial charge in [0.15, 0.2) is 5.43 Å². The molecule has 0 spiro atoms. The summed E-state index contributed by atoms with van der Waals surface area (Å²) >= 11 is 0. The van der Waals surface area contributed by atoms with E-state index in [2.05, 4.69) is 10.3 Å². The van der Waals surface area contributed by atoms with Crippen LogP contribution in [0, 0.1) is 6.92 Å². The molecule has 0 aliphatic carbocycles. The van der Waals surface area contributed by atoms with Crippen LogP contribution in [-0.4, -0.2) is 52.5 Å². The SMILES string of the molecule is Cc1cc(=O)c(C(=O)N2CCNCC2C(=O)O)c[nH]1.